The fraction of sp³-hybridized carbons (Fsp3) is 0.316. The molecule has 0 radical (unpaired) electrons. The first-order valence-corrected chi connectivity index (χ1v) is 10.5. The Labute approximate surface area is 158 Å². The van der Waals surface area contributed by atoms with Gasteiger partial charge >= 0.3 is 0 Å². The normalized spacial score (nSPS) is 18.5. The predicted octanol–water partition coefficient (Wildman–Crippen LogP) is 3.25. The zero-order chi connectivity index (χ0) is 18.7. The van der Waals surface area contributed by atoms with E-state index in [1.165, 1.54) is 0 Å². The third-order valence-electron chi connectivity index (χ3n) is 4.37. The van der Waals surface area contributed by atoms with Gasteiger partial charge in [-0.05, 0) is 49.2 Å². The Bertz CT molecular complexity index is 899. The quantitative estimate of drug-likeness (QED) is 0.782. The highest BCUT2D eigenvalue weighted by atomic mass is 35.5. The number of rotatable bonds is 5. The molecule has 26 heavy (non-hydrogen) atoms. The van der Waals surface area contributed by atoms with E-state index in [-0.39, 0.29) is 30.1 Å². The Balaban J connectivity index is 1.78. The number of sulfone groups is 1. The minimum absolute atomic E-state index is 0.0202. The largest absolute Gasteiger partial charge is 0.484 e. The zero-order valence-electron chi connectivity index (χ0n) is 14.4. The van der Waals surface area contributed by atoms with Crippen LogP contribution < -0.4 is 9.64 Å². The van der Waals surface area contributed by atoms with Gasteiger partial charge in [-0.15, -0.1) is 0 Å². The summed E-state index contributed by atoms with van der Waals surface area (Å²) < 4.78 is 29.4. The molecule has 2 aromatic carbocycles. The van der Waals surface area contributed by atoms with E-state index in [4.69, 9.17) is 16.3 Å². The van der Waals surface area contributed by atoms with Crippen LogP contribution in [0.25, 0.3) is 0 Å². The van der Waals surface area contributed by atoms with Gasteiger partial charge in [-0.1, -0.05) is 29.8 Å². The van der Waals surface area contributed by atoms with Crippen molar-refractivity contribution in [2.45, 2.75) is 19.4 Å². The topological polar surface area (TPSA) is 63.7 Å². The van der Waals surface area contributed by atoms with Gasteiger partial charge in [-0.25, -0.2) is 8.42 Å². The van der Waals surface area contributed by atoms with Crippen molar-refractivity contribution in [1.29, 1.82) is 0 Å². The summed E-state index contributed by atoms with van der Waals surface area (Å²) in [4.78, 5) is 14.4. The Kier molecular flexibility index (Phi) is 5.53. The minimum Gasteiger partial charge on any atom is -0.484 e. The Morgan fingerprint density at radius 2 is 1.96 bits per heavy atom. The number of hydrogen-bond donors (Lipinski definition) is 0. The van der Waals surface area contributed by atoms with Crippen LogP contribution in [0.3, 0.4) is 0 Å². The highest BCUT2D eigenvalue weighted by molar-refractivity contribution is 7.91. The average Bonchev–Trinajstić information content (AvgIpc) is 2.96. The number of carbonyl (C=O) groups excluding carboxylic acids is 1. The van der Waals surface area contributed by atoms with Crippen LogP contribution in [-0.4, -0.2) is 38.5 Å². The summed E-state index contributed by atoms with van der Waals surface area (Å²) in [5.74, 6) is 0.359. The van der Waals surface area contributed by atoms with Gasteiger partial charge in [0.1, 0.15) is 5.75 Å². The van der Waals surface area contributed by atoms with Crippen LogP contribution in [0.4, 0.5) is 5.69 Å². The molecule has 1 amide bonds. The number of ether oxygens (including phenoxy) is 1. The van der Waals surface area contributed by atoms with Crippen molar-refractivity contribution >= 4 is 33.0 Å². The summed E-state index contributed by atoms with van der Waals surface area (Å²) in [6, 6.07) is 13.9. The van der Waals surface area contributed by atoms with Gasteiger partial charge in [-0.3, -0.25) is 4.79 Å². The molecule has 0 saturated carbocycles. The van der Waals surface area contributed by atoms with E-state index < -0.39 is 9.84 Å². The van der Waals surface area contributed by atoms with Gasteiger partial charge in [-0.2, -0.15) is 0 Å². The zero-order valence-corrected chi connectivity index (χ0v) is 16.0. The molecule has 2 aromatic rings. The maximum atomic E-state index is 12.8. The van der Waals surface area contributed by atoms with Crippen LogP contribution in [0.1, 0.15) is 12.0 Å². The molecule has 0 N–H and O–H groups in total. The predicted molar refractivity (Wildman–Crippen MR) is 103 cm³/mol. The molecular weight excluding hydrogens is 374 g/mol. The number of hydrogen-bond acceptors (Lipinski definition) is 4. The summed E-state index contributed by atoms with van der Waals surface area (Å²) in [7, 11) is -3.11. The lowest BCUT2D eigenvalue weighted by Gasteiger charge is -2.28. The molecule has 0 bridgehead atoms. The molecule has 1 aliphatic rings. The first-order chi connectivity index (χ1) is 12.4. The molecule has 0 spiro atoms. The summed E-state index contributed by atoms with van der Waals surface area (Å²) in [5.41, 5.74) is 1.54. The molecule has 5 nitrogen and oxygen atoms in total. The molecule has 1 fully saturated rings. The molecule has 0 aliphatic carbocycles. The fourth-order valence-corrected chi connectivity index (χ4v) is 4.87. The summed E-state index contributed by atoms with van der Waals surface area (Å²) in [6.07, 6.45) is 0.434. The van der Waals surface area contributed by atoms with Crippen molar-refractivity contribution in [2.24, 2.45) is 0 Å². The van der Waals surface area contributed by atoms with Crippen molar-refractivity contribution < 1.29 is 17.9 Å². The maximum Gasteiger partial charge on any atom is 0.265 e. The first kappa shape index (κ1) is 18.7. The number of nitrogens with zero attached hydrogens (tertiary/aromatic N) is 1. The second-order valence-corrected chi connectivity index (χ2v) is 8.99. The van der Waals surface area contributed by atoms with Gasteiger partial charge in [0, 0.05) is 10.7 Å². The average molecular weight is 394 g/mol. The third-order valence-corrected chi connectivity index (χ3v) is 6.54. The van der Waals surface area contributed by atoms with Gasteiger partial charge in [0.25, 0.3) is 5.91 Å². The van der Waals surface area contributed by atoms with Gasteiger partial charge in [0.05, 0.1) is 17.5 Å². The van der Waals surface area contributed by atoms with Crippen molar-refractivity contribution in [3.63, 3.8) is 0 Å². The van der Waals surface area contributed by atoms with E-state index in [1.807, 2.05) is 25.1 Å². The first-order valence-electron chi connectivity index (χ1n) is 8.32. The van der Waals surface area contributed by atoms with E-state index in [0.717, 1.165) is 5.56 Å². The molecule has 0 unspecified atom stereocenters. The molecule has 1 aliphatic heterocycles. The fourth-order valence-electron chi connectivity index (χ4n) is 3.05. The van der Waals surface area contributed by atoms with Crippen molar-refractivity contribution in [3.05, 3.63) is 59.1 Å². The molecule has 3 rings (SSSR count). The summed E-state index contributed by atoms with van der Waals surface area (Å²) in [5, 5.41) is 0.630. The van der Waals surface area contributed by atoms with E-state index in [9.17, 15) is 13.2 Å². The molecule has 138 valence electrons. The van der Waals surface area contributed by atoms with Crippen LogP contribution >= 0.6 is 11.6 Å². The Morgan fingerprint density at radius 3 is 2.58 bits per heavy atom. The van der Waals surface area contributed by atoms with Crippen LogP contribution in [0, 0.1) is 6.92 Å². The molecule has 1 atom stereocenters. The van der Waals surface area contributed by atoms with Gasteiger partial charge in [0.15, 0.2) is 16.4 Å². The molecular formula is C19H20ClNO4S. The maximum absolute atomic E-state index is 12.8. The number of amides is 1. The van der Waals surface area contributed by atoms with Crippen LogP contribution in [-0.2, 0) is 14.6 Å². The van der Waals surface area contributed by atoms with Gasteiger partial charge in [0.2, 0.25) is 0 Å². The molecule has 1 saturated heterocycles. The van der Waals surface area contributed by atoms with E-state index >= 15 is 0 Å². The minimum atomic E-state index is -3.11. The van der Waals surface area contributed by atoms with Crippen molar-refractivity contribution in [1.82, 2.24) is 0 Å². The second-order valence-electron chi connectivity index (χ2n) is 6.36. The lowest BCUT2D eigenvalue weighted by Crippen LogP contribution is -2.43. The van der Waals surface area contributed by atoms with Crippen molar-refractivity contribution in [2.75, 3.05) is 23.0 Å². The summed E-state index contributed by atoms with van der Waals surface area (Å²) in [6.45, 7) is 1.68. The third kappa shape index (κ3) is 4.37. The van der Waals surface area contributed by atoms with Crippen LogP contribution in [0.2, 0.25) is 5.02 Å². The van der Waals surface area contributed by atoms with E-state index in [0.29, 0.717) is 22.9 Å². The summed E-state index contributed by atoms with van der Waals surface area (Å²) >= 11 is 6.00. The van der Waals surface area contributed by atoms with E-state index in [1.54, 1.807) is 35.2 Å². The number of carbonyl (C=O) groups is 1. The van der Waals surface area contributed by atoms with E-state index in [2.05, 4.69) is 0 Å². The molecule has 7 heteroatoms. The second kappa shape index (κ2) is 7.68. The lowest BCUT2D eigenvalue weighted by molar-refractivity contribution is -0.121. The van der Waals surface area contributed by atoms with Gasteiger partial charge < -0.3 is 9.64 Å². The number of benzene rings is 2. The Morgan fingerprint density at radius 1 is 1.23 bits per heavy atom. The smallest absolute Gasteiger partial charge is 0.265 e. The number of anilines is 1. The monoisotopic (exact) mass is 393 g/mol. The number of aryl methyl sites for hydroxylation is 1. The molecule has 1 heterocycles. The van der Waals surface area contributed by atoms with Crippen LogP contribution in [0.15, 0.2) is 48.5 Å². The Hall–Kier alpha value is -2.05. The highest BCUT2D eigenvalue weighted by Crippen LogP contribution is 2.25. The lowest BCUT2D eigenvalue weighted by atomic mass is 10.2. The standard InChI is InChI=1S/C19H20ClNO4S/c1-14-11-17(7-8-18(14)20)25-12-19(22)21(15-5-3-2-4-6-15)16-9-10-26(23,24)13-16/h2-8,11,16H,9-10,12-13H2,1H3/t16-/m0/s1. The van der Waals surface area contributed by atoms with Crippen molar-refractivity contribution in [3.8, 4) is 5.75 Å². The number of halogens is 1. The highest BCUT2D eigenvalue weighted by Gasteiger charge is 2.35. The SMILES string of the molecule is Cc1cc(OCC(=O)N(c2ccccc2)[C@H]2CCS(=O)(=O)C2)ccc1Cl. The molecule has 0 aromatic heterocycles. The number of para-hydroxylation sites is 1. The van der Waals surface area contributed by atoms with Crippen LogP contribution in [0.5, 0.6) is 5.75 Å².